The summed E-state index contributed by atoms with van der Waals surface area (Å²) in [6, 6.07) is 2.62. The number of sulfonamides is 1. The van der Waals surface area contributed by atoms with Gasteiger partial charge in [-0.25, -0.2) is 22.2 Å². The molecule has 1 aromatic heterocycles. The number of nitrogens with one attached hydrogen (secondary N) is 2. The zero-order chi connectivity index (χ0) is 24.4. The lowest BCUT2D eigenvalue weighted by Gasteiger charge is -2.14. The van der Waals surface area contributed by atoms with Crippen LogP contribution in [0.1, 0.15) is 22.8 Å². The van der Waals surface area contributed by atoms with Crippen LogP contribution in [0.2, 0.25) is 0 Å². The molecule has 0 aliphatic rings. The molecule has 0 aliphatic carbocycles. The summed E-state index contributed by atoms with van der Waals surface area (Å²) in [6.45, 7) is 1.68. The zero-order valence-electron chi connectivity index (χ0n) is 16.4. The number of ether oxygens (including phenoxy) is 1. The fraction of sp³-hybridized carbons (Fsp3) is 0.167. The third-order valence-corrected chi connectivity index (χ3v) is 5.98. The fourth-order valence-corrected chi connectivity index (χ4v) is 4.26. The van der Waals surface area contributed by atoms with E-state index in [1.807, 2.05) is 4.72 Å². The first-order valence-corrected chi connectivity index (χ1v) is 11.1. The van der Waals surface area contributed by atoms with Crippen molar-refractivity contribution in [1.82, 2.24) is 14.7 Å². The van der Waals surface area contributed by atoms with Crippen molar-refractivity contribution >= 4 is 32.6 Å². The van der Waals surface area contributed by atoms with Crippen molar-refractivity contribution in [3.63, 3.8) is 0 Å². The number of carbonyl (C=O) groups excluding carboxylic acids is 1. The maximum Gasteiger partial charge on any atom is 0.416 e. The second-order valence-corrected chi connectivity index (χ2v) is 8.70. The molecule has 0 unspecified atom stereocenters. The lowest BCUT2D eigenvalue weighted by molar-refractivity contribution is -0.137. The van der Waals surface area contributed by atoms with Gasteiger partial charge in [0.25, 0.3) is 15.9 Å². The van der Waals surface area contributed by atoms with E-state index in [4.69, 9.17) is 4.74 Å². The Bertz CT molecular complexity index is 1280. The summed E-state index contributed by atoms with van der Waals surface area (Å²) < 4.78 is 104. The fourth-order valence-electron chi connectivity index (χ4n) is 2.52. The molecule has 0 saturated heterocycles. The smallest absolute Gasteiger partial charge is 0.416 e. The van der Waals surface area contributed by atoms with Gasteiger partial charge in [0.2, 0.25) is 5.13 Å². The van der Waals surface area contributed by atoms with Crippen LogP contribution < -0.4 is 14.8 Å². The number of nitrogens with zero attached hydrogens (tertiary/aromatic N) is 2. The minimum atomic E-state index is -4.86. The first kappa shape index (κ1) is 24.3. The quantitative estimate of drug-likeness (QED) is 0.464. The lowest BCUT2D eigenvalue weighted by Crippen LogP contribution is -2.23. The number of hydrogen-bond acceptors (Lipinski definition) is 7. The van der Waals surface area contributed by atoms with Gasteiger partial charge in [-0.3, -0.25) is 9.52 Å². The maximum atomic E-state index is 14.5. The van der Waals surface area contributed by atoms with Crippen molar-refractivity contribution in [2.45, 2.75) is 18.0 Å². The number of rotatable bonds is 7. The Labute approximate surface area is 187 Å². The molecule has 0 atom stereocenters. The highest BCUT2D eigenvalue weighted by Gasteiger charge is 2.32. The van der Waals surface area contributed by atoms with Gasteiger partial charge in [0.05, 0.1) is 5.56 Å². The lowest BCUT2D eigenvalue weighted by atomic mass is 10.1. The highest BCUT2D eigenvalue weighted by Crippen LogP contribution is 2.35. The van der Waals surface area contributed by atoms with Crippen molar-refractivity contribution in [3.8, 4) is 11.5 Å². The van der Waals surface area contributed by atoms with E-state index in [1.165, 1.54) is 0 Å². The van der Waals surface area contributed by atoms with Crippen molar-refractivity contribution in [2.75, 3.05) is 11.3 Å². The molecule has 1 amide bonds. The molecular weight excluding hydrogens is 495 g/mol. The number of amides is 1. The summed E-state index contributed by atoms with van der Waals surface area (Å²) in [5.41, 5.74) is -1.69. The summed E-state index contributed by atoms with van der Waals surface area (Å²) in [7, 11) is -4.59. The SMILES string of the molecule is CCNC(=O)c1cc(Oc2cc(F)c(S(=O)(=O)Nc3ncns3)cc2F)cc(C(F)(F)F)c1. The highest BCUT2D eigenvalue weighted by molar-refractivity contribution is 7.93. The Kier molecular flexibility index (Phi) is 6.83. The van der Waals surface area contributed by atoms with Gasteiger partial charge in [-0.05, 0) is 25.1 Å². The Hall–Kier alpha value is -3.33. The van der Waals surface area contributed by atoms with Crippen LogP contribution in [0.15, 0.2) is 41.6 Å². The Morgan fingerprint density at radius 3 is 2.45 bits per heavy atom. The third-order valence-electron chi connectivity index (χ3n) is 3.92. The van der Waals surface area contributed by atoms with Crippen LogP contribution in [0.25, 0.3) is 0 Å². The van der Waals surface area contributed by atoms with Crippen LogP contribution in [0.5, 0.6) is 11.5 Å². The van der Waals surface area contributed by atoms with E-state index in [0.717, 1.165) is 12.4 Å². The van der Waals surface area contributed by atoms with Crippen LogP contribution in [0, 0.1) is 11.6 Å². The standard InChI is InChI=1S/C18H13F5N4O4S2/c1-2-24-16(28)9-3-10(18(21,22)23)5-11(4-9)31-14-6-13(20)15(7-12(14)19)33(29,30)27-17-25-8-26-32-17/h3-8H,2H2,1H3,(H,24,28)(H,25,26,27). The zero-order valence-corrected chi connectivity index (χ0v) is 18.0. The van der Waals surface area contributed by atoms with Crippen LogP contribution in [0.3, 0.4) is 0 Å². The molecular formula is C18H13F5N4O4S2. The summed E-state index contributed by atoms with van der Waals surface area (Å²) in [6.07, 6.45) is -3.82. The molecule has 3 aromatic rings. The molecule has 2 N–H and O–H groups in total. The first-order valence-electron chi connectivity index (χ1n) is 8.87. The van der Waals surface area contributed by atoms with Crippen molar-refractivity contribution in [3.05, 3.63) is 59.4 Å². The summed E-state index contributed by atoms with van der Waals surface area (Å²) in [5.74, 6) is -5.19. The second kappa shape index (κ2) is 9.27. The molecule has 15 heteroatoms. The van der Waals surface area contributed by atoms with Gasteiger partial charge in [-0.15, -0.1) is 0 Å². The number of benzene rings is 2. The van der Waals surface area contributed by atoms with Crippen molar-refractivity contribution < 1.29 is 39.9 Å². The predicted octanol–water partition coefficient (Wildman–Crippen LogP) is 4.18. The molecule has 176 valence electrons. The molecule has 0 spiro atoms. The van der Waals surface area contributed by atoms with E-state index >= 15 is 0 Å². The third kappa shape index (κ3) is 5.73. The van der Waals surface area contributed by atoms with E-state index < -0.39 is 61.3 Å². The van der Waals surface area contributed by atoms with Gasteiger partial charge in [0, 0.05) is 35.8 Å². The van der Waals surface area contributed by atoms with E-state index in [-0.39, 0.29) is 11.7 Å². The van der Waals surface area contributed by atoms with Crippen LogP contribution >= 0.6 is 11.5 Å². The van der Waals surface area contributed by atoms with Crippen LogP contribution in [-0.2, 0) is 16.2 Å². The number of carbonyl (C=O) groups is 1. The average molecular weight is 508 g/mol. The van der Waals surface area contributed by atoms with Gasteiger partial charge in [-0.1, -0.05) is 0 Å². The van der Waals surface area contributed by atoms with Gasteiger partial charge in [0.1, 0.15) is 22.8 Å². The predicted molar refractivity (Wildman–Crippen MR) is 107 cm³/mol. The maximum absolute atomic E-state index is 14.5. The molecule has 0 radical (unpaired) electrons. The highest BCUT2D eigenvalue weighted by atomic mass is 32.2. The molecule has 2 aromatic carbocycles. The molecule has 33 heavy (non-hydrogen) atoms. The van der Waals surface area contributed by atoms with E-state index in [9.17, 15) is 35.2 Å². The van der Waals surface area contributed by atoms with Crippen LogP contribution in [-0.4, -0.2) is 30.2 Å². The summed E-state index contributed by atoms with van der Waals surface area (Å²) >= 11 is 0.653. The summed E-state index contributed by atoms with van der Waals surface area (Å²) in [5, 5.41) is 2.12. The number of alkyl halides is 3. The Balaban J connectivity index is 1.97. The Morgan fingerprint density at radius 2 is 1.85 bits per heavy atom. The number of aromatic nitrogens is 2. The van der Waals surface area contributed by atoms with Crippen LogP contribution in [0.4, 0.5) is 27.1 Å². The van der Waals surface area contributed by atoms with Gasteiger partial charge < -0.3 is 10.1 Å². The topological polar surface area (TPSA) is 110 Å². The average Bonchev–Trinajstić information content (AvgIpc) is 3.22. The molecule has 0 bridgehead atoms. The number of anilines is 1. The van der Waals surface area contributed by atoms with E-state index in [0.29, 0.717) is 35.8 Å². The largest absolute Gasteiger partial charge is 0.454 e. The van der Waals surface area contributed by atoms with Gasteiger partial charge in [-0.2, -0.15) is 17.5 Å². The molecule has 0 fully saturated rings. The minimum absolute atomic E-state index is 0.131. The van der Waals surface area contributed by atoms with Crippen molar-refractivity contribution in [1.29, 1.82) is 0 Å². The monoisotopic (exact) mass is 508 g/mol. The molecule has 3 rings (SSSR count). The molecule has 1 heterocycles. The molecule has 8 nitrogen and oxygen atoms in total. The van der Waals surface area contributed by atoms with E-state index in [2.05, 4.69) is 14.7 Å². The molecule has 0 aliphatic heterocycles. The normalized spacial score (nSPS) is 11.8. The Morgan fingerprint density at radius 1 is 1.12 bits per heavy atom. The van der Waals surface area contributed by atoms with Gasteiger partial charge in [0.15, 0.2) is 11.6 Å². The van der Waals surface area contributed by atoms with E-state index in [1.54, 1.807) is 6.92 Å². The minimum Gasteiger partial charge on any atom is -0.454 e. The first-order chi connectivity index (χ1) is 15.4. The molecule has 0 saturated carbocycles. The summed E-state index contributed by atoms with van der Waals surface area (Å²) in [4.78, 5) is 14.5. The van der Waals surface area contributed by atoms with Crippen molar-refractivity contribution in [2.24, 2.45) is 0 Å². The second-order valence-electron chi connectivity index (χ2n) is 6.27. The number of halogens is 5. The van der Waals surface area contributed by atoms with Gasteiger partial charge >= 0.3 is 6.18 Å². The number of hydrogen-bond donors (Lipinski definition) is 2.